The summed E-state index contributed by atoms with van der Waals surface area (Å²) < 4.78 is 16.2. The van der Waals surface area contributed by atoms with Gasteiger partial charge in [0.2, 0.25) is 5.75 Å². The molecule has 0 saturated heterocycles. The van der Waals surface area contributed by atoms with Gasteiger partial charge in [0.15, 0.2) is 11.5 Å². The number of carbonyl (C=O) groups is 1. The van der Waals surface area contributed by atoms with Crippen LogP contribution >= 0.6 is 12.2 Å². The quantitative estimate of drug-likeness (QED) is 0.358. The van der Waals surface area contributed by atoms with Crippen LogP contribution < -0.4 is 30.2 Å². The van der Waals surface area contributed by atoms with Crippen molar-refractivity contribution in [2.24, 2.45) is 0 Å². The van der Waals surface area contributed by atoms with E-state index < -0.39 is 0 Å². The maximum Gasteiger partial charge on any atom is 0.323 e. The molecule has 36 heavy (non-hydrogen) atoms. The second-order valence-electron chi connectivity index (χ2n) is 7.62. The molecule has 0 spiro atoms. The van der Waals surface area contributed by atoms with Crippen LogP contribution in [0.25, 0.3) is 11.3 Å². The largest absolute Gasteiger partial charge is 0.493 e. The van der Waals surface area contributed by atoms with Gasteiger partial charge in [-0.2, -0.15) is 0 Å². The number of benzene rings is 2. The second-order valence-corrected chi connectivity index (χ2v) is 8.11. The SMILES string of the molecule is COc1cc(Nc2cncc(-c3ccc(NC(=O)NC4=CC=CCC4=S)cc3)n2)cc(OC)c1OC. The average molecular weight is 504 g/mol. The van der Waals surface area contributed by atoms with Gasteiger partial charge in [-0.05, 0) is 18.2 Å². The third-order valence-electron chi connectivity index (χ3n) is 5.26. The van der Waals surface area contributed by atoms with Crippen molar-refractivity contribution in [1.82, 2.24) is 15.3 Å². The van der Waals surface area contributed by atoms with E-state index in [-0.39, 0.29) is 6.03 Å². The van der Waals surface area contributed by atoms with Crippen molar-refractivity contribution in [3.8, 4) is 28.5 Å². The summed E-state index contributed by atoms with van der Waals surface area (Å²) in [6.45, 7) is 0. The summed E-state index contributed by atoms with van der Waals surface area (Å²) in [4.78, 5) is 22.0. The van der Waals surface area contributed by atoms with Gasteiger partial charge in [0.1, 0.15) is 5.82 Å². The predicted octanol–water partition coefficient (Wildman–Crippen LogP) is 5.25. The van der Waals surface area contributed by atoms with Crippen molar-refractivity contribution >= 4 is 40.3 Å². The molecule has 0 bridgehead atoms. The molecule has 0 atom stereocenters. The Morgan fingerprint density at radius 2 is 1.67 bits per heavy atom. The van der Waals surface area contributed by atoms with E-state index in [0.29, 0.717) is 57.1 Å². The molecular weight excluding hydrogens is 478 g/mol. The first-order chi connectivity index (χ1) is 17.5. The lowest BCUT2D eigenvalue weighted by molar-refractivity contribution is 0.254. The maximum atomic E-state index is 12.3. The lowest BCUT2D eigenvalue weighted by Crippen LogP contribution is -2.31. The molecule has 10 heteroatoms. The minimum Gasteiger partial charge on any atom is -0.493 e. The first-order valence-corrected chi connectivity index (χ1v) is 11.4. The number of anilines is 3. The molecule has 184 valence electrons. The van der Waals surface area contributed by atoms with E-state index in [1.165, 1.54) is 0 Å². The zero-order valence-electron chi connectivity index (χ0n) is 20.0. The van der Waals surface area contributed by atoms with Crippen LogP contribution in [0, 0.1) is 0 Å². The van der Waals surface area contributed by atoms with Gasteiger partial charge < -0.3 is 30.2 Å². The topological polar surface area (TPSA) is 107 Å². The molecular formula is C26H25N5O4S. The zero-order valence-corrected chi connectivity index (χ0v) is 20.8. The molecule has 9 nitrogen and oxygen atoms in total. The highest BCUT2D eigenvalue weighted by atomic mass is 32.1. The Morgan fingerprint density at radius 1 is 0.944 bits per heavy atom. The summed E-state index contributed by atoms with van der Waals surface area (Å²) in [6.07, 6.45) is 9.52. The van der Waals surface area contributed by atoms with E-state index in [1.54, 1.807) is 64.1 Å². The second kappa shape index (κ2) is 11.3. The summed E-state index contributed by atoms with van der Waals surface area (Å²) in [6, 6.07) is 10.5. The Hall–Kier alpha value is -4.44. The number of hydrogen-bond donors (Lipinski definition) is 3. The first-order valence-electron chi connectivity index (χ1n) is 11.0. The predicted molar refractivity (Wildman–Crippen MR) is 143 cm³/mol. The highest BCUT2D eigenvalue weighted by Crippen LogP contribution is 2.40. The van der Waals surface area contributed by atoms with Crippen molar-refractivity contribution in [3.63, 3.8) is 0 Å². The van der Waals surface area contributed by atoms with Gasteiger partial charge in [0, 0.05) is 40.4 Å². The molecule has 1 aromatic heterocycles. The monoisotopic (exact) mass is 503 g/mol. The van der Waals surface area contributed by atoms with Gasteiger partial charge in [-0.15, -0.1) is 0 Å². The van der Waals surface area contributed by atoms with Gasteiger partial charge in [-0.25, -0.2) is 9.78 Å². The summed E-state index contributed by atoms with van der Waals surface area (Å²) in [5, 5.41) is 8.81. The molecule has 4 rings (SSSR count). The van der Waals surface area contributed by atoms with E-state index in [4.69, 9.17) is 26.4 Å². The lowest BCUT2D eigenvalue weighted by atomic mass is 10.1. The number of aromatic nitrogens is 2. The average Bonchev–Trinajstić information content (AvgIpc) is 2.90. The minimum atomic E-state index is -0.358. The van der Waals surface area contributed by atoms with Gasteiger partial charge >= 0.3 is 6.03 Å². The fourth-order valence-electron chi connectivity index (χ4n) is 3.53. The van der Waals surface area contributed by atoms with Gasteiger partial charge in [0.05, 0.1) is 45.1 Å². The molecule has 0 aliphatic heterocycles. The number of carbonyl (C=O) groups excluding carboxylic acids is 1. The summed E-state index contributed by atoms with van der Waals surface area (Å²) in [5.41, 5.74) is 3.46. The standard InChI is InChI=1S/C26H25N5O4S/c1-33-21-12-18(13-22(34-2)25(21)35-3)28-24-15-27-14-20(30-24)16-8-10-17(11-9-16)29-26(32)31-19-6-4-5-7-23(19)36/h4-6,8-15H,7H2,1-3H3,(H,28,30)(H2,29,31,32). The van der Waals surface area contributed by atoms with E-state index >= 15 is 0 Å². The molecule has 0 saturated carbocycles. The van der Waals surface area contributed by atoms with Crippen molar-refractivity contribution in [3.05, 3.63) is 72.7 Å². The van der Waals surface area contributed by atoms with Crippen molar-refractivity contribution in [1.29, 1.82) is 0 Å². The van der Waals surface area contributed by atoms with Crippen molar-refractivity contribution in [2.75, 3.05) is 32.0 Å². The van der Waals surface area contributed by atoms with Gasteiger partial charge in [0.25, 0.3) is 0 Å². The minimum absolute atomic E-state index is 0.358. The molecule has 1 aliphatic rings. The molecule has 1 heterocycles. The van der Waals surface area contributed by atoms with Crippen LogP contribution in [0.2, 0.25) is 0 Å². The van der Waals surface area contributed by atoms with Gasteiger partial charge in [-0.3, -0.25) is 4.98 Å². The Labute approximate surface area is 214 Å². The smallest absolute Gasteiger partial charge is 0.323 e. The number of nitrogens with one attached hydrogen (secondary N) is 3. The Balaban J connectivity index is 1.46. The Kier molecular flexibility index (Phi) is 7.76. The summed E-state index contributed by atoms with van der Waals surface area (Å²) in [5.74, 6) is 2.08. The number of thiocarbonyl (C=S) groups is 1. The van der Waals surface area contributed by atoms with Crippen LogP contribution in [0.1, 0.15) is 6.42 Å². The van der Waals surface area contributed by atoms with E-state index in [2.05, 4.69) is 25.9 Å². The number of methoxy groups -OCH3 is 3. The molecule has 0 fully saturated rings. The first kappa shape index (κ1) is 24.7. The fraction of sp³-hybridized carbons (Fsp3) is 0.154. The highest BCUT2D eigenvalue weighted by molar-refractivity contribution is 7.80. The van der Waals surface area contributed by atoms with Gasteiger partial charge in [-0.1, -0.05) is 36.5 Å². The van der Waals surface area contributed by atoms with Crippen LogP contribution in [0.5, 0.6) is 17.2 Å². The number of nitrogens with zero attached hydrogens (tertiary/aromatic N) is 2. The number of allylic oxidation sites excluding steroid dienone is 4. The normalized spacial score (nSPS) is 12.4. The van der Waals surface area contributed by atoms with Crippen molar-refractivity contribution < 1.29 is 19.0 Å². The van der Waals surface area contributed by atoms with Crippen LogP contribution in [0.4, 0.5) is 22.0 Å². The van der Waals surface area contributed by atoms with Crippen LogP contribution in [0.15, 0.2) is 72.7 Å². The maximum absolute atomic E-state index is 12.3. The van der Waals surface area contributed by atoms with E-state index in [1.807, 2.05) is 24.3 Å². The fourth-order valence-corrected chi connectivity index (χ4v) is 3.74. The third-order valence-corrected chi connectivity index (χ3v) is 5.65. The molecule has 0 unspecified atom stereocenters. The van der Waals surface area contributed by atoms with E-state index in [0.717, 1.165) is 5.56 Å². The number of amides is 2. The third kappa shape index (κ3) is 5.78. The van der Waals surface area contributed by atoms with Crippen LogP contribution in [0.3, 0.4) is 0 Å². The highest BCUT2D eigenvalue weighted by Gasteiger charge is 2.14. The summed E-state index contributed by atoms with van der Waals surface area (Å²) in [7, 11) is 4.67. The van der Waals surface area contributed by atoms with Crippen molar-refractivity contribution in [2.45, 2.75) is 6.42 Å². The molecule has 3 aromatic rings. The molecule has 2 aromatic carbocycles. The lowest BCUT2D eigenvalue weighted by Gasteiger charge is -2.15. The van der Waals surface area contributed by atoms with Crippen LogP contribution in [-0.4, -0.2) is 42.2 Å². The number of ether oxygens (including phenoxy) is 3. The molecule has 2 amide bonds. The van der Waals surface area contributed by atoms with Crippen LogP contribution in [-0.2, 0) is 0 Å². The number of hydrogen-bond acceptors (Lipinski definition) is 8. The van der Waals surface area contributed by atoms with E-state index in [9.17, 15) is 4.79 Å². The zero-order chi connectivity index (χ0) is 25.5. The number of rotatable bonds is 8. The number of urea groups is 1. The summed E-state index contributed by atoms with van der Waals surface area (Å²) >= 11 is 5.27. The Bertz CT molecular complexity index is 1310. The Morgan fingerprint density at radius 3 is 2.31 bits per heavy atom. The molecule has 3 N–H and O–H groups in total. The molecule has 1 aliphatic carbocycles. The molecule has 0 radical (unpaired) electrons.